The number of hydrogen-bond acceptors (Lipinski definition) is 2. The first-order valence-corrected chi connectivity index (χ1v) is 6.78. The van der Waals surface area contributed by atoms with Gasteiger partial charge in [0, 0.05) is 18.2 Å². The van der Waals surface area contributed by atoms with Gasteiger partial charge in [0.2, 0.25) is 5.69 Å². The number of benzene rings is 1. The van der Waals surface area contributed by atoms with E-state index in [2.05, 4.69) is 29.4 Å². The molecule has 0 saturated heterocycles. The lowest BCUT2D eigenvalue weighted by Crippen LogP contribution is -2.35. The van der Waals surface area contributed by atoms with Gasteiger partial charge in [0.05, 0.1) is 14.2 Å². The van der Waals surface area contributed by atoms with Gasteiger partial charge >= 0.3 is 0 Å². The second-order valence-corrected chi connectivity index (χ2v) is 4.51. The second-order valence-electron chi connectivity index (χ2n) is 4.51. The minimum Gasteiger partial charge on any atom is -0.493 e. The minimum absolute atomic E-state index is 0.728. The summed E-state index contributed by atoms with van der Waals surface area (Å²) >= 11 is 0. The van der Waals surface area contributed by atoms with Crippen LogP contribution in [0.2, 0.25) is 0 Å². The number of aromatic nitrogens is 1. The summed E-state index contributed by atoms with van der Waals surface area (Å²) in [5.41, 5.74) is 2.17. The molecule has 108 valence electrons. The van der Waals surface area contributed by atoms with Gasteiger partial charge in [0.25, 0.3) is 0 Å². The van der Waals surface area contributed by atoms with Crippen molar-refractivity contribution in [2.75, 3.05) is 14.2 Å². The Kier molecular flexibility index (Phi) is 5.16. The zero-order chi connectivity index (χ0) is 15.1. The quantitative estimate of drug-likeness (QED) is 0.599. The third-order valence-corrected chi connectivity index (χ3v) is 3.16. The SMILES string of the molecule is C=CC[n+]1ccccc1/C=C/c1ccc(OC)c(OC)c1. The van der Waals surface area contributed by atoms with Crippen molar-refractivity contribution in [2.45, 2.75) is 6.54 Å². The molecule has 1 heterocycles. The number of rotatable bonds is 6. The van der Waals surface area contributed by atoms with Crippen molar-refractivity contribution >= 4 is 12.2 Å². The molecule has 0 spiro atoms. The van der Waals surface area contributed by atoms with E-state index in [1.807, 2.05) is 42.6 Å². The maximum Gasteiger partial charge on any atom is 0.205 e. The highest BCUT2D eigenvalue weighted by molar-refractivity contribution is 5.68. The van der Waals surface area contributed by atoms with E-state index < -0.39 is 0 Å². The summed E-state index contributed by atoms with van der Waals surface area (Å²) in [5.74, 6) is 1.46. The van der Waals surface area contributed by atoms with E-state index in [1.165, 1.54) is 0 Å². The molecule has 0 unspecified atom stereocenters. The highest BCUT2D eigenvalue weighted by atomic mass is 16.5. The first kappa shape index (κ1) is 14.9. The standard InChI is InChI=1S/C18H20NO2/c1-4-12-19-13-6-5-7-16(19)10-8-15-9-11-17(20-2)18(14-15)21-3/h4-11,13-14H,1,12H2,2-3H3/q+1/b10-8+. The number of methoxy groups -OCH3 is 2. The number of allylic oxidation sites excluding steroid dienone is 1. The van der Waals surface area contributed by atoms with Crippen LogP contribution in [0.5, 0.6) is 11.5 Å². The zero-order valence-electron chi connectivity index (χ0n) is 12.5. The van der Waals surface area contributed by atoms with Crippen molar-refractivity contribution in [3.63, 3.8) is 0 Å². The molecule has 21 heavy (non-hydrogen) atoms. The van der Waals surface area contributed by atoms with Crippen LogP contribution >= 0.6 is 0 Å². The molecule has 1 aromatic carbocycles. The third-order valence-electron chi connectivity index (χ3n) is 3.16. The summed E-state index contributed by atoms with van der Waals surface area (Å²) in [6, 6.07) is 12.0. The Labute approximate surface area is 125 Å². The molecule has 3 heteroatoms. The molecule has 1 aromatic heterocycles. The van der Waals surface area contributed by atoms with E-state index in [4.69, 9.17) is 9.47 Å². The molecule has 2 rings (SSSR count). The van der Waals surface area contributed by atoms with Gasteiger partial charge in [-0.2, -0.15) is 4.57 Å². The fraction of sp³-hybridized carbons (Fsp3) is 0.167. The van der Waals surface area contributed by atoms with Gasteiger partial charge in [-0.25, -0.2) is 0 Å². The van der Waals surface area contributed by atoms with Gasteiger partial charge in [-0.05, 0) is 35.9 Å². The average molecular weight is 282 g/mol. The summed E-state index contributed by atoms with van der Waals surface area (Å²) in [5, 5.41) is 0. The van der Waals surface area contributed by atoms with Crippen LogP contribution < -0.4 is 14.0 Å². The first-order chi connectivity index (χ1) is 10.3. The molecule has 0 N–H and O–H groups in total. The zero-order valence-corrected chi connectivity index (χ0v) is 12.5. The van der Waals surface area contributed by atoms with Crippen LogP contribution in [0.25, 0.3) is 12.2 Å². The summed E-state index contributed by atoms with van der Waals surface area (Å²) in [6.07, 6.45) is 8.05. The molecule has 3 nitrogen and oxygen atoms in total. The van der Waals surface area contributed by atoms with Gasteiger partial charge in [0.15, 0.2) is 24.2 Å². The molecule has 0 aliphatic carbocycles. The van der Waals surface area contributed by atoms with E-state index in [0.29, 0.717) is 0 Å². The second kappa shape index (κ2) is 7.29. The maximum atomic E-state index is 5.31. The highest BCUT2D eigenvalue weighted by Crippen LogP contribution is 2.28. The first-order valence-electron chi connectivity index (χ1n) is 6.78. The minimum atomic E-state index is 0.728. The number of hydrogen-bond donors (Lipinski definition) is 0. The van der Waals surface area contributed by atoms with Crippen LogP contribution in [0.1, 0.15) is 11.3 Å². The van der Waals surface area contributed by atoms with Crippen LogP contribution in [0.4, 0.5) is 0 Å². The monoisotopic (exact) mass is 282 g/mol. The predicted molar refractivity (Wildman–Crippen MR) is 85.3 cm³/mol. The smallest absolute Gasteiger partial charge is 0.205 e. The van der Waals surface area contributed by atoms with E-state index in [9.17, 15) is 0 Å². The van der Waals surface area contributed by atoms with Gasteiger partial charge in [-0.3, -0.25) is 0 Å². The summed E-state index contributed by atoms with van der Waals surface area (Å²) in [6.45, 7) is 4.57. The van der Waals surface area contributed by atoms with Gasteiger partial charge in [-0.15, -0.1) is 0 Å². The Morgan fingerprint density at radius 2 is 1.86 bits per heavy atom. The topological polar surface area (TPSA) is 22.3 Å². The molecular formula is C18H20NO2+. The number of pyridine rings is 1. The lowest BCUT2D eigenvalue weighted by molar-refractivity contribution is -0.688. The van der Waals surface area contributed by atoms with Crippen molar-refractivity contribution in [1.82, 2.24) is 0 Å². The largest absolute Gasteiger partial charge is 0.493 e. The molecule has 0 bridgehead atoms. The predicted octanol–water partition coefficient (Wildman–Crippen LogP) is 3.35. The number of ether oxygens (including phenoxy) is 2. The Morgan fingerprint density at radius 3 is 2.57 bits per heavy atom. The van der Waals surface area contributed by atoms with Crippen LogP contribution in [0.15, 0.2) is 55.3 Å². The van der Waals surface area contributed by atoms with Crippen molar-refractivity contribution in [1.29, 1.82) is 0 Å². The number of nitrogens with zero attached hydrogens (tertiary/aromatic N) is 1. The molecular weight excluding hydrogens is 262 g/mol. The molecule has 0 aliphatic heterocycles. The van der Waals surface area contributed by atoms with E-state index >= 15 is 0 Å². The maximum absolute atomic E-state index is 5.31. The molecule has 0 amide bonds. The molecule has 0 aliphatic rings. The highest BCUT2D eigenvalue weighted by Gasteiger charge is 2.05. The Hall–Kier alpha value is -2.55. The fourth-order valence-corrected chi connectivity index (χ4v) is 2.08. The van der Waals surface area contributed by atoms with Gasteiger partial charge in [0.1, 0.15) is 0 Å². The van der Waals surface area contributed by atoms with E-state index in [-0.39, 0.29) is 0 Å². The van der Waals surface area contributed by atoms with Crippen molar-refractivity contribution in [2.24, 2.45) is 0 Å². The summed E-state index contributed by atoms with van der Waals surface area (Å²) in [4.78, 5) is 0. The Morgan fingerprint density at radius 1 is 1.05 bits per heavy atom. The van der Waals surface area contributed by atoms with Crippen molar-refractivity contribution in [3.05, 3.63) is 66.5 Å². The molecule has 0 atom stereocenters. The molecule has 2 aromatic rings. The van der Waals surface area contributed by atoms with E-state index in [1.54, 1.807) is 14.2 Å². The van der Waals surface area contributed by atoms with Crippen molar-refractivity contribution < 1.29 is 14.0 Å². The normalized spacial score (nSPS) is 10.6. The summed E-state index contributed by atoms with van der Waals surface area (Å²) in [7, 11) is 3.27. The summed E-state index contributed by atoms with van der Waals surface area (Å²) < 4.78 is 12.7. The lowest BCUT2D eigenvalue weighted by Gasteiger charge is -2.07. The van der Waals surface area contributed by atoms with Gasteiger partial charge < -0.3 is 9.47 Å². The van der Waals surface area contributed by atoms with Crippen molar-refractivity contribution in [3.8, 4) is 11.5 Å². The van der Waals surface area contributed by atoms with Crippen LogP contribution in [-0.4, -0.2) is 14.2 Å². The van der Waals surface area contributed by atoms with Gasteiger partial charge in [-0.1, -0.05) is 12.6 Å². The Balaban J connectivity index is 2.27. The molecule has 0 fully saturated rings. The third kappa shape index (κ3) is 3.72. The van der Waals surface area contributed by atoms with Crippen LogP contribution in [-0.2, 0) is 6.54 Å². The molecule has 0 radical (unpaired) electrons. The Bertz CT molecular complexity index is 647. The lowest BCUT2D eigenvalue weighted by atomic mass is 10.1. The van der Waals surface area contributed by atoms with E-state index in [0.717, 1.165) is 29.3 Å². The van der Waals surface area contributed by atoms with Crippen LogP contribution in [0.3, 0.4) is 0 Å². The molecule has 0 saturated carbocycles. The average Bonchev–Trinajstić information content (AvgIpc) is 2.54. The fourth-order valence-electron chi connectivity index (χ4n) is 2.08. The van der Waals surface area contributed by atoms with Crippen LogP contribution in [0, 0.1) is 0 Å².